The van der Waals surface area contributed by atoms with Gasteiger partial charge in [-0.25, -0.2) is 0 Å². The highest BCUT2D eigenvalue weighted by Gasteiger charge is 2.11. The molecule has 2 aromatic rings. The third kappa shape index (κ3) is 3.66. The average Bonchev–Trinajstić information content (AvgIpc) is 2.46. The maximum atomic E-state index is 6.13. The summed E-state index contributed by atoms with van der Waals surface area (Å²) in [7, 11) is 1.91. The van der Waals surface area contributed by atoms with E-state index < -0.39 is 0 Å². The maximum Gasteiger partial charge on any atom is 0.124 e. The zero-order valence-corrected chi connectivity index (χ0v) is 13.0. The third-order valence-corrected chi connectivity index (χ3v) is 3.82. The Labute approximate surface area is 129 Å². The molecule has 0 amide bonds. The Kier molecular flexibility index (Phi) is 5.30. The molecule has 0 saturated heterocycles. The van der Waals surface area contributed by atoms with Gasteiger partial charge >= 0.3 is 0 Å². The van der Waals surface area contributed by atoms with Crippen molar-refractivity contribution in [1.29, 1.82) is 0 Å². The Morgan fingerprint density at radius 2 is 1.90 bits per heavy atom. The molecule has 0 radical (unpaired) electrons. The number of ether oxygens (including phenoxy) is 1. The van der Waals surface area contributed by atoms with Crippen molar-refractivity contribution < 1.29 is 4.74 Å². The first kappa shape index (κ1) is 15.2. The van der Waals surface area contributed by atoms with Gasteiger partial charge < -0.3 is 10.1 Å². The van der Waals surface area contributed by atoms with Gasteiger partial charge in [0.15, 0.2) is 0 Å². The van der Waals surface area contributed by atoms with E-state index in [1.807, 2.05) is 49.5 Å². The van der Waals surface area contributed by atoms with Crippen LogP contribution in [0.2, 0.25) is 10.0 Å². The Morgan fingerprint density at radius 3 is 2.60 bits per heavy atom. The lowest BCUT2D eigenvalue weighted by Crippen LogP contribution is -2.13. The number of benzene rings is 2. The van der Waals surface area contributed by atoms with Crippen LogP contribution in [0.3, 0.4) is 0 Å². The van der Waals surface area contributed by atoms with Crippen LogP contribution in [-0.2, 0) is 6.61 Å². The fourth-order valence-electron chi connectivity index (χ4n) is 1.92. The molecule has 1 atom stereocenters. The van der Waals surface area contributed by atoms with Gasteiger partial charge in [0.05, 0.1) is 0 Å². The third-order valence-electron chi connectivity index (χ3n) is 3.21. The average molecular weight is 310 g/mol. The van der Waals surface area contributed by atoms with Crippen molar-refractivity contribution in [2.45, 2.75) is 19.6 Å². The molecule has 2 nitrogen and oxygen atoms in total. The van der Waals surface area contributed by atoms with Crippen LogP contribution < -0.4 is 10.1 Å². The molecule has 0 spiro atoms. The van der Waals surface area contributed by atoms with Crippen LogP contribution in [-0.4, -0.2) is 7.05 Å². The molecule has 0 bridgehead atoms. The highest BCUT2D eigenvalue weighted by atomic mass is 35.5. The normalized spacial score (nSPS) is 12.2. The van der Waals surface area contributed by atoms with E-state index in [0.717, 1.165) is 16.9 Å². The van der Waals surface area contributed by atoms with Crippen LogP contribution in [0.25, 0.3) is 0 Å². The molecule has 0 saturated carbocycles. The lowest BCUT2D eigenvalue weighted by molar-refractivity contribution is 0.300. The van der Waals surface area contributed by atoms with Crippen molar-refractivity contribution >= 4 is 23.2 Å². The Morgan fingerprint density at radius 1 is 1.15 bits per heavy atom. The van der Waals surface area contributed by atoms with E-state index in [9.17, 15) is 0 Å². The van der Waals surface area contributed by atoms with Gasteiger partial charge in [0.25, 0.3) is 0 Å². The summed E-state index contributed by atoms with van der Waals surface area (Å²) >= 11 is 12.2. The minimum absolute atomic E-state index is 0.162. The van der Waals surface area contributed by atoms with E-state index >= 15 is 0 Å². The van der Waals surface area contributed by atoms with Crippen molar-refractivity contribution in [1.82, 2.24) is 5.32 Å². The molecular weight excluding hydrogens is 293 g/mol. The van der Waals surface area contributed by atoms with Crippen LogP contribution in [0.1, 0.15) is 24.1 Å². The van der Waals surface area contributed by atoms with Crippen molar-refractivity contribution in [3.05, 3.63) is 63.6 Å². The Hall–Kier alpha value is -1.22. The number of hydrogen-bond acceptors (Lipinski definition) is 2. The number of nitrogens with one attached hydrogen (secondary N) is 1. The lowest BCUT2D eigenvalue weighted by atomic mass is 10.1. The SMILES string of the molecule is CNC(C)c1cc(Cl)ccc1OCc1ccccc1Cl. The summed E-state index contributed by atoms with van der Waals surface area (Å²) < 4.78 is 5.90. The summed E-state index contributed by atoms with van der Waals surface area (Å²) in [5.41, 5.74) is 2.00. The van der Waals surface area contributed by atoms with Crippen molar-refractivity contribution in [3.8, 4) is 5.75 Å². The molecule has 0 aliphatic carbocycles. The number of halogens is 2. The zero-order valence-electron chi connectivity index (χ0n) is 11.5. The molecule has 0 heterocycles. The van der Waals surface area contributed by atoms with E-state index in [1.165, 1.54) is 0 Å². The molecule has 0 fully saturated rings. The molecular formula is C16H17Cl2NO. The fourth-order valence-corrected chi connectivity index (χ4v) is 2.29. The molecule has 0 aliphatic rings. The van der Waals surface area contributed by atoms with Crippen LogP contribution in [0.15, 0.2) is 42.5 Å². The van der Waals surface area contributed by atoms with Gasteiger partial charge in [0, 0.05) is 27.2 Å². The highest BCUT2D eigenvalue weighted by Crippen LogP contribution is 2.29. The number of rotatable bonds is 5. The van der Waals surface area contributed by atoms with Crippen molar-refractivity contribution in [3.63, 3.8) is 0 Å². The van der Waals surface area contributed by atoms with E-state index in [-0.39, 0.29) is 6.04 Å². The Bertz CT molecular complexity index is 586. The van der Waals surface area contributed by atoms with Gasteiger partial charge in [-0.15, -0.1) is 0 Å². The van der Waals surface area contributed by atoms with Crippen LogP contribution in [0.4, 0.5) is 0 Å². The van der Waals surface area contributed by atoms with Crippen LogP contribution in [0, 0.1) is 0 Å². The van der Waals surface area contributed by atoms with E-state index in [2.05, 4.69) is 12.2 Å². The molecule has 0 aromatic heterocycles. The maximum absolute atomic E-state index is 6.13. The smallest absolute Gasteiger partial charge is 0.124 e. The fraction of sp³-hybridized carbons (Fsp3) is 0.250. The van der Waals surface area contributed by atoms with Gasteiger partial charge in [-0.3, -0.25) is 0 Å². The summed E-state index contributed by atoms with van der Waals surface area (Å²) in [5.74, 6) is 0.816. The standard InChI is InChI=1S/C16H17Cl2NO/c1-11(19-2)14-9-13(17)7-8-16(14)20-10-12-5-3-4-6-15(12)18/h3-9,11,19H,10H2,1-2H3. The van der Waals surface area contributed by atoms with Gasteiger partial charge in [-0.1, -0.05) is 41.4 Å². The summed E-state index contributed by atoms with van der Waals surface area (Å²) in [6.45, 7) is 2.50. The second kappa shape index (κ2) is 6.98. The predicted octanol–water partition coefficient (Wildman–Crippen LogP) is 4.85. The molecule has 0 aliphatic heterocycles. The van der Waals surface area contributed by atoms with Gasteiger partial charge in [-0.2, -0.15) is 0 Å². The first-order valence-corrected chi connectivity index (χ1v) is 7.20. The van der Waals surface area contributed by atoms with E-state index in [1.54, 1.807) is 0 Å². The van der Waals surface area contributed by atoms with E-state index in [0.29, 0.717) is 16.7 Å². The molecule has 1 unspecified atom stereocenters. The second-order valence-corrected chi connectivity index (χ2v) is 5.42. The topological polar surface area (TPSA) is 21.3 Å². The largest absolute Gasteiger partial charge is 0.489 e. The van der Waals surface area contributed by atoms with Crippen molar-refractivity contribution in [2.75, 3.05) is 7.05 Å². The minimum atomic E-state index is 0.162. The summed E-state index contributed by atoms with van der Waals surface area (Å²) in [5, 5.41) is 4.61. The summed E-state index contributed by atoms with van der Waals surface area (Å²) in [6.07, 6.45) is 0. The van der Waals surface area contributed by atoms with Gasteiger partial charge in [0.2, 0.25) is 0 Å². The molecule has 1 N–H and O–H groups in total. The highest BCUT2D eigenvalue weighted by molar-refractivity contribution is 6.31. The summed E-state index contributed by atoms with van der Waals surface area (Å²) in [4.78, 5) is 0. The lowest BCUT2D eigenvalue weighted by Gasteiger charge is -2.17. The molecule has 20 heavy (non-hydrogen) atoms. The van der Waals surface area contributed by atoms with E-state index in [4.69, 9.17) is 27.9 Å². The zero-order chi connectivity index (χ0) is 14.5. The quantitative estimate of drug-likeness (QED) is 0.852. The van der Waals surface area contributed by atoms with Gasteiger partial charge in [-0.05, 0) is 38.2 Å². The monoisotopic (exact) mass is 309 g/mol. The molecule has 4 heteroatoms. The molecule has 106 valence electrons. The molecule has 2 rings (SSSR count). The van der Waals surface area contributed by atoms with Crippen LogP contribution in [0.5, 0.6) is 5.75 Å². The molecule has 2 aromatic carbocycles. The first-order valence-electron chi connectivity index (χ1n) is 6.44. The van der Waals surface area contributed by atoms with Crippen molar-refractivity contribution in [2.24, 2.45) is 0 Å². The number of hydrogen-bond donors (Lipinski definition) is 1. The minimum Gasteiger partial charge on any atom is -0.489 e. The summed E-state index contributed by atoms with van der Waals surface area (Å²) in [6, 6.07) is 13.5. The second-order valence-electron chi connectivity index (χ2n) is 4.57. The Balaban J connectivity index is 2.19. The first-order chi connectivity index (χ1) is 9.61. The predicted molar refractivity (Wildman–Crippen MR) is 84.7 cm³/mol. The van der Waals surface area contributed by atoms with Crippen LogP contribution >= 0.6 is 23.2 Å². The van der Waals surface area contributed by atoms with Gasteiger partial charge in [0.1, 0.15) is 12.4 Å².